The molecule has 0 spiro atoms. The number of nitrogens with zero attached hydrogens (tertiary/aromatic N) is 2. The van der Waals surface area contributed by atoms with Crippen LogP contribution in [0.5, 0.6) is 11.5 Å². The van der Waals surface area contributed by atoms with Crippen LogP contribution in [0.15, 0.2) is 48.5 Å². The summed E-state index contributed by atoms with van der Waals surface area (Å²) in [6, 6.07) is 8.38. The van der Waals surface area contributed by atoms with E-state index < -0.39 is 63.7 Å². The fraction of sp³-hybridized carbons (Fsp3) is 0.533. The molecule has 0 aliphatic heterocycles. The first-order valence-corrected chi connectivity index (χ1v) is 23.3. The maximum atomic E-state index is 11.4. The molecule has 0 saturated heterocycles. The Morgan fingerprint density at radius 2 is 0.937 bits per heavy atom. The first-order chi connectivity index (χ1) is 37.3. The molecule has 2 rings (SSSR count). The number of nitro groups is 2. The minimum absolute atomic E-state index is 0.0123. The summed E-state index contributed by atoms with van der Waals surface area (Å²) in [6.45, 7) is 5.63. The molecule has 0 heterocycles. The molecule has 448 valence electrons. The van der Waals surface area contributed by atoms with Gasteiger partial charge >= 0.3 is 35.7 Å². The third-order valence-corrected chi connectivity index (χ3v) is 8.64. The highest BCUT2D eigenvalue weighted by atomic mass is 35.5. The van der Waals surface area contributed by atoms with Crippen molar-refractivity contribution in [1.82, 2.24) is 21.3 Å². The Morgan fingerprint density at radius 1 is 0.582 bits per heavy atom. The number of carbonyl (C=O) groups excluding carboxylic acids is 9. The predicted molar refractivity (Wildman–Crippen MR) is 273 cm³/mol. The van der Waals surface area contributed by atoms with Crippen molar-refractivity contribution >= 4 is 76.3 Å². The Hall–Kier alpha value is -7.92. The summed E-state index contributed by atoms with van der Waals surface area (Å²) >= 11 is 4.92. The van der Waals surface area contributed by atoms with Crippen LogP contribution < -0.4 is 42.2 Å². The summed E-state index contributed by atoms with van der Waals surface area (Å²) in [5, 5.41) is 37.5. The summed E-state index contributed by atoms with van der Waals surface area (Å²) in [4.78, 5) is 145. The van der Waals surface area contributed by atoms with Crippen molar-refractivity contribution in [1.29, 1.82) is 0 Å². The SMILES string of the molecule is COC(=O)C(CCCCN)NC(C)=O.COO.COOC(=O)NCCCCC(N)C(C)=O.COOC(=O)NCCCCC(NC(C)=O)C(=O)OC.COOC(=O)Oc1ccc([N+](=O)[O-])cc1.O=C(Cl)Oc1ccc([N+](=O)[O-])cc1. The molecule has 33 nitrogen and oxygen atoms in total. The number of esters is 2. The fourth-order valence-electron chi connectivity index (χ4n) is 5.07. The number of nitrogens with one attached hydrogen (secondary N) is 4. The molecule has 9 N–H and O–H groups in total. The topological polar surface area (TPSA) is 462 Å². The number of rotatable bonds is 26. The third kappa shape index (κ3) is 48.2. The van der Waals surface area contributed by atoms with Crippen LogP contribution >= 0.6 is 11.6 Å². The van der Waals surface area contributed by atoms with E-state index in [1.54, 1.807) is 0 Å². The summed E-state index contributed by atoms with van der Waals surface area (Å²) in [6.07, 6.45) is 3.75. The molecule has 0 aromatic heterocycles. The first-order valence-electron chi connectivity index (χ1n) is 22.9. The number of nitrogens with two attached hydrogens (primary N) is 2. The number of Topliss-reactive ketones (excluding diaryl/α,β-unsaturated/α-hetero) is 1. The number of methoxy groups -OCH3 is 2. The van der Waals surface area contributed by atoms with Crippen LogP contribution in [0, 0.1) is 20.2 Å². The largest absolute Gasteiger partial charge is 0.546 e. The number of hydrogen-bond acceptors (Lipinski definition) is 27. The number of unbranched alkanes of at least 4 members (excludes halogenated alkanes) is 3. The van der Waals surface area contributed by atoms with Gasteiger partial charge in [-0.15, -0.1) is 0 Å². The molecule has 0 bridgehead atoms. The van der Waals surface area contributed by atoms with Gasteiger partial charge in [0.05, 0.1) is 58.5 Å². The van der Waals surface area contributed by atoms with Crippen molar-refractivity contribution in [3.05, 3.63) is 68.8 Å². The molecular weight excluding hydrogens is 1090 g/mol. The van der Waals surface area contributed by atoms with Crippen molar-refractivity contribution in [3.8, 4) is 11.5 Å². The second-order valence-corrected chi connectivity index (χ2v) is 14.9. The zero-order valence-electron chi connectivity index (χ0n) is 45.0. The number of non-ortho nitro benzene ring substituents is 2. The van der Waals surface area contributed by atoms with Crippen molar-refractivity contribution in [2.45, 2.75) is 96.7 Å². The minimum atomic E-state index is -1.05. The van der Waals surface area contributed by atoms with E-state index in [2.05, 4.69) is 74.4 Å². The Kier molecular flexibility index (Phi) is 50.0. The quantitative estimate of drug-likeness (QED) is 0.0131. The molecule has 0 fully saturated rings. The van der Waals surface area contributed by atoms with E-state index in [0.29, 0.717) is 51.7 Å². The lowest BCUT2D eigenvalue weighted by Crippen LogP contribution is -2.40. The van der Waals surface area contributed by atoms with Gasteiger partial charge in [0.2, 0.25) is 11.8 Å². The molecule has 34 heteroatoms. The maximum Gasteiger partial charge on any atom is 0.546 e. The molecule has 4 amide bonds. The van der Waals surface area contributed by atoms with Gasteiger partial charge in [0, 0.05) is 62.8 Å². The van der Waals surface area contributed by atoms with Crippen molar-refractivity contribution in [3.63, 3.8) is 0 Å². The molecule has 0 aliphatic rings. The highest BCUT2D eigenvalue weighted by Crippen LogP contribution is 2.19. The Morgan fingerprint density at radius 3 is 1.24 bits per heavy atom. The Labute approximate surface area is 458 Å². The van der Waals surface area contributed by atoms with Gasteiger partial charge in [-0.2, -0.15) is 14.7 Å². The standard InChI is InChI=1S/C11H20N2O6.C9H18N2O4.C9H18N2O3.C8H7NO6.C7H4ClNO4.CH4O2/c1-8(14)13-9(10(15)17-2)6-4-5-7-12-11(16)19-18-3;1-7(12)8(10)5-3-4-6-11-9(13)15-14-2;1-7(12)11-8(9(13)14-2)5-3-4-6-10;1-13-15-8(10)14-7-4-2-6(3-5-7)9(11)12;8-7(10)13-6-3-1-5(2-4-6)9(11)12;1-3-2/h9H,4-7H2,1-3H3,(H,12,16)(H,13,14);8H,3-6,10H2,1-2H3,(H,11,13);8H,3-6,10H2,1-2H3,(H,11,12);2-5H,1H3;1-4H;2H,1H3. The summed E-state index contributed by atoms with van der Waals surface area (Å²) in [5.41, 5.74) is 9.70. The number of ketones is 1. The maximum absolute atomic E-state index is 11.4. The number of hydrogen-bond donors (Lipinski definition) is 7. The highest BCUT2D eigenvalue weighted by Gasteiger charge is 2.20. The molecular formula is C45H71ClN8O25. The van der Waals surface area contributed by atoms with Gasteiger partial charge in [0.25, 0.3) is 11.4 Å². The molecule has 0 aliphatic carbocycles. The van der Waals surface area contributed by atoms with Gasteiger partial charge in [-0.05, 0) is 95.5 Å². The number of nitro benzene ring substituents is 2. The van der Waals surface area contributed by atoms with Crippen LogP contribution in [0.3, 0.4) is 0 Å². The van der Waals surface area contributed by atoms with Gasteiger partial charge in [-0.1, -0.05) is 0 Å². The smallest absolute Gasteiger partial charge is 0.467 e. The van der Waals surface area contributed by atoms with E-state index in [1.807, 2.05) is 0 Å². The second kappa shape index (κ2) is 50.9. The third-order valence-electron chi connectivity index (χ3n) is 8.56. The monoisotopic (exact) mass is 1160 g/mol. The number of amides is 4. The predicted octanol–water partition coefficient (Wildman–Crippen LogP) is 4.39. The van der Waals surface area contributed by atoms with Crippen LogP contribution in [-0.4, -0.2) is 149 Å². The van der Waals surface area contributed by atoms with Gasteiger partial charge < -0.3 is 51.7 Å². The summed E-state index contributed by atoms with van der Waals surface area (Å²) in [5.74, 6) is -1.13. The lowest BCUT2D eigenvalue weighted by atomic mass is 10.1. The van der Waals surface area contributed by atoms with E-state index in [0.717, 1.165) is 32.8 Å². The van der Waals surface area contributed by atoms with Crippen LogP contribution in [0.25, 0.3) is 0 Å². The summed E-state index contributed by atoms with van der Waals surface area (Å²) in [7, 11) is 7.38. The first kappa shape index (κ1) is 77.6. The van der Waals surface area contributed by atoms with E-state index >= 15 is 0 Å². The lowest BCUT2D eigenvalue weighted by Gasteiger charge is -2.15. The van der Waals surface area contributed by atoms with Crippen molar-refractivity contribution < 1.29 is 111 Å². The van der Waals surface area contributed by atoms with E-state index in [4.69, 9.17) is 28.3 Å². The van der Waals surface area contributed by atoms with Crippen LogP contribution in [0.1, 0.15) is 78.6 Å². The van der Waals surface area contributed by atoms with Crippen LogP contribution in [0.4, 0.5) is 30.6 Å². The molecule has 3 unspecified atom stereocenters. The van der Waals surface area contributed by atoms with Crippen LogP contribution in [0.2, 0.25) is 0 Å². The van der Waals surface area contributed by atoms with Gasteiger partial charge in [0.15, 0.2) is 0 Å². The van der Waals surface area contributed by atoms with Crippen LogP contribution in [-0.2, 0) is 67.7 Å². The molecule has 2 aromatic carbocycles. The molecule has 3 atom stereocenters. The number of ether oxygens (including phenoxy) is 4. The molecule has 0 radical (unpaired) electrons. The van der Waals surface area contributed by atoms with E-state index in [9.17, 15) is 63.4 Å². The molecule has 79 heavy (non-hydrogen) atoms. The summed E-state index contributed by atoms with van der Waals surface area (Å²) < 4.78 is 18.2. The van der Waals surface area contributed by atoms with E-state index in [-0.39, 0.29) is 40.5 Å². The van der Waals surface area contributed by atoms with Gasteiger partial charge in [0.1, 0.15) is 29.4 Å². The second-order valence-electron chi connectivity index (χ2n) is 14.6. The average molecular weight is 1160 g/mol. The zero-order chi connectivity index (χ0) is 61.1. The van der Waals surface area contributed by atoms with Gasteiger partial charge in [-0.25, -0.2) is 33.7 Å². The highest BCUT2D eigenvalue weighted by molar-refractivity contribution is 6.61. The number of carbonyl (C=O) groups is 9. The Bertz CT molecular complexity index is 2090. The van der Waals surface area contributed by atoms with Crippen molar-refractivity contribution in [2.75, 3.05) is 62.3 Å². The van der Waals surface area contributed by atoms with Crippen molar-refractivity contribution in [2.24, 2.45) is 11.5 Å². The lowest BCUT2D eigenvalue weighted by molar-refractivity contribution is -0.385. The molecule has 2 aromatic rings. The Balaban J connectivity index is -0.000000441. The molecule has 0 saturated carbocycles. The fourth-order valence-corrected chi connectivity index (χ4v) is 5.16. The van der Waals surface area contributed by atoms with E-state index in [1.165, 1.54) is 105 Å². The minimum Gasteiger partial charge on any atom is -0.467 e. The normalized spacial score (nSPS) is 10.6. The average Bonchev–Trinajstić information content (AvgIpc) is 3.38. The number of benzene rings is 2. The number of halogens is 1. The zero-order valence-corrected chi connectivity index (χ0v) is 45.8. The van der Waals surface area contributed by atoms with Gasteiger partial charge in [-0.3, -0.25) is 54.5 Å².